The maximum atomic E-state index is 12.7. The molecule has 0 aliphatic heterocycles. The van der Waals surface area contributed by atoms with Gasteiger partial charge in [-0.3, -0.25) is 9.78 Å². The number of aromatic nitrogens is 2. The Hall–Kier alpha value is -3.46. The van der Waals surface area contributed by atoms with Crippen LogP contribution in [0, 0.1) is 6.92 Å². The second-order valence-corrected chi connectivity index (χ2v) is 6.12. The second kappa shape index (κ2) is 6.81. The van der Waals surface area contributed by atoms with E-state index in [1.54, 1.807) is 12.3 Å². The van der Waals surface area contributed by atoms with Crippen molar-refractivity contribution < 1.29 is 0 Å². The van der Waals surface area contributed by atoms with Crippen molar-refractivity contribution in [3.8, 4) is 28.3 Å². The van der Waals surface area contributed by atoms with Crippen molar-refractivity contribution in [1.29, 1.82) is 0 Å². The summed E-state index contributed by atoms with van der Waals surface area (Å²) >= 11 is 0. The van der Waals surface area contributed by atoms with Crippen LogP contribution >= 0.6 is 0 Å². The first-order chi connectivity index (χ1) is 12.8. The fraction of sp³-hybridized carbons (Fsp3) is 0.0435. The molecular weight excluding hydrogens is 320 g/mol. The quantitative estimate of drug-likeness (QED) is 0.534. The van der Waals surface area contributed by atoms with Gasteiger partial charge in [0.1, 0.15) is 0 Å². The van der Waals surface area contributed by atoms with Crippen molar-refractivity contribution in [2.24, 2.45) is 0 Å². The van der Waals surface area contributed by atoms with Crippen LogP contribution in [0.15, 0.2) is 95.9 Å². The van der Waals surface area contributed by atoms with Crippen LogP contribution in [-0.2, 0) is 0 Å². The van der Waals surface area contributed by atoms with Crippen LogP contribution in [0.3, 0.4) is 0 Å². The minimum Gasteiger partial charge on any atom is -0.307 e. The highest BCUT2D eigenvalue weighted by atomic mass is 16.1. The third kappa shape index (κ3) is 2.84. The number of nitrogens with zero attached hydrogens (tertiary/aromatic N) is 2. The highest BCUT2D eigenvalue weighted by Gasteiger charge is 2.17. The van der Waals surface area contributed by atoms with E-state index in [4.69, 9.17) is 0 Å². The van der Waals surface area contributed by atoms with Crippen LogP contribution in [-0.4, -0.2) is 9.55 Å². The Morgan fingerprint density at radius 3 is 2.12 bits per heavy atom. The van der Waals surface area contributed by atoms with E-state index in [0.29, 0.717) is 5.56 Å². The molecule has 2 heterocycles. The Morgan fingerprint density at radius 1 is 0.808 bits per heavy atom. The minimum absolute atomic E-state index is 0.0108. The zero-order valence-electron chi connectivity index (χ0n) is 14.5. The summed E-state index contributed by atoms with van der Waals surface area (Å²) in [5.74, 6) is 0. The predicted octanol–water partition coefficient (Wildman–Crippen LogP) is 4.87. The number of rotatable bonds is 3. The zero-order valence-corrected chi connectivity index (χ0v) is 14.5. The molecule has 0 amide bonds. The summed E-state index contributed by atoms with van der Waals surface area (Å²) < 4.78 is 2.12. The highest BCUT2D eigenvalue weighted by molar-refractivity contribution is 5.71. The molecule has 0 fully saturated rings. The lowest BCUT2D eigenvalue weighted by Gasteiger charge is -2.21. The van der Waals surface area contributed by atoms with Crippen molar-refractivity contribution in [3.05, 3.63) is 107 Å². The number of benzene rings is 2. The standard InChI is InChI=1S/C23H18N2O/c1-17-22(26)16-21(18-10-4-2-5-11-18)25(19-12-6-3-7-13-19)23(17)20-14-8-9-15-24-20/h2-16H,1H3. The maximum absolute atomic E-state index is 12.7. The Bertz CT molecular complexity index is 1090. The van der Waals surface area contributed by atoms with Gasteiger partial charge in [0.25, 0.3) is 0 Å². The van der Waals surface area contributed by atoms with E-state index in [0.717, 1.165) is 28.3 Å². The van der Waals surface area contributed by atoms with Crippen molar-refractivity contribution in [1.82, 2.24) is 9.55 Å². The Labute approximate surface area is 152 Å². The Kier molecular flexibility index (Phi) is 4.20. The van der Waals surface area contributed by atoms with Crippen LogP contribution in [0.1, 0.15) is 5.56 Å². The molecule has 126 valence electrons. The summed E-state index contributed by atoms with van der Waals surface area (Å²) in [7, 11) is 0. The zero-order chi connectivity index (χ0) is 17.9. The molecule has 2 aromatic heterocycles. The molecule has 4 rings (SSSR count). The lowest BCUT2D eigenvalue weighted by Crippen LogP contribution is -2.16. The van der Waals surface area contributed by atoms with Crippen LogP contribution < -0.4 is 5.43 Å². The van der Waals surface area contributed by atoms with Gasteiger partial charge in [0.05, 0.1) is 17.1 Å². The highest BCUT2D eigenvalue weighted by Crippen LogP contribution is 2.30. The molecule has 0 aliphatic rings. The molecule has 0 unspecified atom stereocenters. The topological polar surface area (TPSA) is 34.9 Å². The van der Waals surface area contributed by atoms with E-state index in [1.165, 1.54) is 0 Å². The molecular formula is C23H18N2O. The number of para-hydroxylation sites is 1. The van der Waals surface area contributed by atoms with Gasteiger partial charge in [-0.05, 0) is 36.8 Å². The minimum atomic E-state index is 0.0108. The molecule has 3 heteroatoms. The van der Waals surface area contributed by atoms with Gasteiger partial charge in [0, 0.05) is 23.5 Å². The normalized spacial score (nSPS) is 10.7. The molecule has 0 saturated heterocycles. The first kappa shape index (κ1) is 16.0. The van der Waals surface area contributed by atoms with Crippen LogP contribution in [0.4, 0.5) is 0 Å². The van der Waals surface area contributed by atoms with E-state index in [2.05, 4.69) is 9.55 Å². The SMILES string of the molecule is Cc1c(-c2ccccn2)n(-c2ccccc2)c(-c2ccccc2)cc1=O. The molecule has 0 bridgehead atoms. The van der Waals surface area contributed by atoms with Gasteiger partial charge in [-0.2, -0.15) is 0 Å². The molecule has 2 aromatic carbocycles. The van der Waals surface area contributed by atoms with E-state index in [-0.39, 0.29) is 5.43 Å². The van der Waals surface area contributed by atoms with Gasteiger partial charge in [0.15, 0.2) is 5.43 Å². The van der Waals surface area contributed by atoms with E-state index < -0.39 is 0 Å². The fourth-order valence-electron chi connectivity index (χ4n) is 3.18. The third-order valence-electron chi connectivity index (χ3n) is 4.45. The van der Waals surface area contributed by atoms with Crippen molar-refractivity contribution >= 4 is 0 Å². The van der Waals surface area contributed by atoms with Gasteiger partial charge >= 0.3 is 0 Å². The lowest BCUT2D eigenvalue weighted by molar-refractivity contribution is 1.03. The molecule has 4 aromatic rings. The van der Waals surface area contributed by atoms with Crippen LogP contribution in [0.2, 0.25) is 0 Å². The first-order valence-corrected chi connectivity index (χ1v) is 8.54. The molecule has 0 aliphatic carbocycles. The Balaban J connectivity index is 2.14. The number of hydrogen-bond donors (Lipinski definition) is 0. The van der Waals surface area contributed by atoms with Gasteiger partial charge in [-0.25, -0.2) is 0 Å². The molecule has 0 atom stereocenters. The van der Waals surface area contributed by atoms with E-state index in [9.17, 15) is 4.79 Å². The van der Waals surface area contributed by atoms with Crippen molar-refractivity contribution in [2.75, 3.05) is 0 Å². The second-order valence-electron chi connectivity index (χ2n) is 6.12. The predicted molar refractivity (Wildman–Crippen MR) is 105 cm³/mol. The summed E-state index contributed by atoms with van der Waals surface area (Å²) in [6.07, 6.45) is 1.75. The summed E-state index contributed by atoms with van der Waals surface area (Å²) in [6.45, 7) is 1.86. The smallest absolute Gasteiger partial charge is 0.185 e. The third-order valence-corrected chi connectivity index (χ3v) is 4.45. The lowest BCUT2D eigenvalue weighted by atomic mass is 10.0. The largest absolute Gasteiger partial charge is 0.307 e. The fourth-order valence-corrected chi connectivity index (χ4v) is 3.18. The van der Waals surface area contributed by atoms with Gasteiger partial charge < -0.3 is 4.57 Å². The average molecular weight is 338 g/mol. The number of pyridine rings is 2. The average Bonchev–Trinajstić information content (AvgIpc) is 2.71. The summed E-state index contributed by atoms with van der Waals surface area (Å²) in [5, 5.41) is 0. The molecule has 26 heavy (non-hydrogen) atoms. The monoisotopic (exact) mass is 338 g/mol. The van der Waals surface area contributed by atoms with Gasteiger partial charge in [0.2, 0.25) is 0 Å². The Morgan fingerprint density at radius 2 is 1.46 bits per heavy atom. The first-order valence-electron chi connectivity index (χ1n) is 8.54. The summed E-state index contributed by atoms with van der Waals surface area (Å²) in [4.78, 5) is 17.3. The van der Waals surface area contributed by atoms with Crippen LogP contribution in [0.25, 0.3) is 28.3 Å². The molecule has 3 nitrogen and oxygen atoms in total. The van der Waals surface area contributed by atoms with Crippen molar-refractivity contribution in [3.63, 3.8) is 0 Å². The van der Waals surface area contributed by atoms with Gasteiger partial charge in [-0.15, -0.1) is 0 Å². The molecule has 0 saturated carbocycles. The van der Waals surface area contributed by atoms with E-state index >= 15 is 0 Å². The van der Waals surface area contributed by atoms with Crippen LogP contribution in [0.5, 0.6) is 0 Å². The molecule has 0 N–H and O–H groups in total. The molecule has 0 spiro atoms. The molecule has 0 radical (unpaired) electrons. The summed E-state index contributed by atoms with van der Waals surface area (Å²) in [6, 6.07) is 27.5. The van der Waals surface area contributed by atoms with Gasteiger partial charge in [-0.1, -0.05) is 54.6 Å². The number of hydrogen-bond acceptors (Lipinski definition) is 2. The maximum Gasteiger partial charge on any atom is 0.185 e. The van der Waals surface area contributed by atoms with Crippen molar-refractivity contribution in [2.45, 2.75) is 6.92 Å². The summed E-state index contributed by atoms with van der Waals surface area (Å²) in [5.41, 5.74) is 5.14. The van der Waals surface area contributed by atoms with E-state index in [1.807, 2.05) is 85.8 Å².